The molecule has 0 heterocycles. The number of nitrogens with one attached hydrogen (secondary N) is 1. The number of para-hydroxylation sites is 1. The molecule has 0 aliphatic rings. The molecule has 2 aromatic carbocycles. The van der Waals surface area contributed by atoms with E-state index in [-0.39, 0.29) is 14.9 Å². The van der Waals surface area contributed by atoms with Crippen molar-refractivity contribution < 1.29 is 8.42 Å². The number of anilines is 1. The third kappa shape index (κ3) is 3.23. The first-order valence-electron chi connectivity index (χ1n) is 5.13. The second kappa shape index (κ2) is 5.71. The second-order valence-electron chi connectivity index (χ2n) is 3.64. The fraction of sp³-hybridized carbons (Fsp3) is 0. The fourth-order valence-electron chi connectivity index (χ4n) is 1.44. The van der Waals surface area contributed by atoms with Crippen LogP contribution < -0.4 is 4.72 Å². The summed E-state index contributed by atoms with van der Waals surface area (Å²) in [7, 11) is -3.79. The molecule has 2 rings (SSSR count). The van der Waals surface area contributed by atoms with E-state index in [4.69, 9.17) is 23.2 Å². The number of hydrogen-bond acceptors (Lipinski definition) is 2. The molecule has 3 nitrogen and oxygen atoms in total. The van der Waals surface area contributed by atoms with Crippen molar-refractivity contribution in [2.45, 2.75) is 4.90 Å². The Hall–Kier alpha value is -0.750. The molecule has 0 atom stereocenters. The molecule has 100 valence electrons. The summed E-state index contributed by atoms with van der Waals surface area (Å²) >= 11 is 15.0. The molecule has 0 saturated carbocycles. The Bertz CT molecular complexity index is 719. The third-order valence-corrected chi connectivity index (χ3v) is 5.35. The number of halogens is 3. The highest BCUT2D eigenvalue weighted by molar-refractivity contribution is 9.10. The van der Waals surface area contributed by atoms with Crippen molar-refractivity contribution >= 4 is 54.8 Å². The van der Waals surface area contributed by atoms with Gasteiger partial charge < -0.3 is 0 Å². The van der Waals surface area contributed by atoms with Crippen LogP contribution in [0.25, 0.3) is 0 Å². The first kappa shape index (κ1) is 14.7. The van der Waals surface area contributed by atoms with Gasteiger partial charge in [-0.05, 0) is 40.2 Å². The second-order valence-corrected chi connectivity index (χ2v) is 6.93. The molecule has 0 unspecified atom stereocenters. The lowest BCUT2D eigenvalue weighted by Gasteiger charge is -2.11. The molecule has 0 fully saturated rings. The number of sulfonamides is 1. The molecule has 0 saturated heterocycles. The fourth-order valence-corrected chi connectivity index (χ4v) is 3.79. The summed E-state index contributed by atoms with van der Waals surface area (Å²) in [5.74, 6) is 0. The molecule has 19 heavy (non-hydrogen) atoms. The van der Waals surface area contributed by atoms with E-state index in [9.17, 15) is 8.42 Å². The highest BCUT2D eigenvalue weighted by Gasteiger charge is 2.20. The van der Waals surface area contributed by atoms with Crippen molar-refractivity contribution in [3.63, 3.8) is 0 Å². The van der Waals surface area contributed by atoms with Crippen molar-refractivity contribution in [1.29, 1.82) is 0 Å². The molecular weight excluding hydrogens is 373 g/mol. The van der Waals surface area contributed by atoms with Gasteiger partial charge in [0.1, 0.15) is 4.90 Å². The van der Waals surface area contributed by atoms with Crippen LogP contribution >= 0.6 is 39.1 Å². The van der Waals surface area contributed by atoms with Gasteiger partial charge in [0.25, 0.3) is 10.0 Å². The van der Waals surface area contributed by atoms with Gasteiger partial charge in [0.15, 0.2) is 0 Å². The Morgan fingerprint density at radius 2 is 1.68 bits per heavy atom. The van der Waals surface area contributed by atoms with Gasteiger partial charge in [-0.1, -0.05) is 41.4 Å². The minimum atomic E-state index is -3.79. The summed E-state index contributed by atoms with van der Waals surface area (Å²) in [6, 6.07) is 11.3. The number of rotatable bonds is 3. The Morgan fingerprint density at radius 3 is 2.37 bits per heavy atom. The predicted molar refractivity (Wildman–Crippen MR) is 81.4 cm³/mol. The molecular formula is C12H8BrCl2NO2S. The summed E-state index contributed by atoms with van der Waals surface area (Å²) in [5.41, 5.74) is 0.429. The third-order valence-electron chi connectivity index (χ3n) is 2.32. The Labute approximate surface area is 129 Å². The van der Waals surface area contributed by atoms with Gasteiger partial charge in [0.2, 0.25) is 0 Å². The molecule has 7 heteroatoms. The van der Waals surface area contributed by atoms with E-state index in [1.54, 1.807) is 24.3 Å². The summed E-state index contributed by atoms with van der Waals surface area (Å²) in [6.07, 6.45) is 0. The topological polar surface area (TPSA) is 46.2 Å². The van der Waals surface area contributed by atoms with E-state index in [0.29, 0.717) is 10.2 Å². The number of hydrogen-bond donors (Lipinski definition) is 1. The minimum absolute atomic E-state index is 0.00344. The smallest absolute Gasteiger partial charge is 0.263 e. The van der Waals surface area contributed by atoms with Gasteiger partial charge in [-0.25, -0.2) is 8.42 Å². The van der Waals surface area contributed by atoms with Crippen LogP contribution in [0.1, 0.15) is 0 Å². The van der Waals surface area contributed by atoms with E-state index in [0.717, 1.165) is 0 Å². The predicted octanol–water partition coefficient (Wildman–Crippen LogP) is 4.56. The normalized spacial score (nSPS) is 11.3. The van der Waals surface area contributed by atoms with Gasteiger partial charge in [-0.3, -0.25) is 4.72 Å². The first-order chi connectivity index (χ1) is 8.92. The molecule has 0 aromatic heterocycles. The van der Waals surface area contributed by atoms with Crippen LogP contribution in [0.2, 0.25) is 10.0 Å². The largest absolute Gasteiger partial charge is 0.278 e. The van der Waals surface area contributed by atoms with Crippen LogP contribution in [0.5, 0.6) is 0 Å². The highest BCUT2D eigenvalue weighted by atomic mass is 79.9. The van der Waals surface area contributed by atoms with Crippen molar-refractivity contribution in [1.82, 2.24) is 0 Å². The van der Waals surface area contributed by atoms with Crippen molar-refractivity contribution in [2.75, 3.05) is 4.72 Å². The van der Waals surface area contributed by atoms with Crippen LogP contribution in [0, 0.1) is 0 Å². The molecule has 0 bridgehead atoms. The van der Waals surface area contributed by atoms with E-state index < -0.39 is 10.0 Å². The van der Waals surface area contributed by atoms with E-state index >= 15 is 0 Å². The monoisotopic (exact) mass is 379 g/mol. The molecule has 0 radical (unpaired) electrons. The van der Waals surface area contributed by atoms with Crippen LogP contribution in [0.15, 0.2) is 51.8 Å². The first-order valence-corrected chi connectivity index (χ1v) is 8.16. The average molecular weight is 381 g/mol. The van der Waals surface area contributed by atoms with E-state index in [1.165, 1.54) is 18.2 Å². The number of benzene rings is 2. The standard InChI is InChI=1S/C12H8BrCl2NO2S/c13-8-4-1-2-6-10(8)16-19(17,18)11-7-3-5-9(14)12(11)15/h1-7,16H. The molecule has 2 aromatic rings. The lowest BCUT2D eigenvalue weighted by Crippen LogP contribution is -2.13. The minimum Gasteiger partial charge on any atom is -0.278 e. The van der Waals surface area contributed by atoms with Gasteiger partial charge >= 0.3 is 0 Å². The molecule has 0 amide bonds. The molecule has 0 aliphatic heterocycles. The lowest BCUT2D eigenvalue weighted by atomic mass is 10.3. The maximum absolute atomic E-state index is 12.3. The molecule has 0 spiro atoms. The quantitative estimate of drug-likeness (QED) is 0.848. The van der Waals surface area contributed by atoms with E-state index in [1.807, 2.05) is 0 Å². The van der Waals surface area contributed by atoms with Crippen LogP contribution in [0.4, 0.5) is 5.69 Å². The SMILES string of the molecule is O=S(=O)(Nc1ccccc1Br)c1cccc(Cl)c1Cl. The molecule has 0 aliphatic carbocycles. The van der Waals surface area contributed by atoms with Gasteiger partial charge in [-0.15, -0.1) is 0 Å². The molecule has 1 N–H and O–H groups in total. The Kier molecular flexibility index (Phi) is 4.40. The zero-order valence-electron chi connectivity index (χ0n) is 9.40. The van der Waals surface area contributed by atoms with Crippen LogP contribution in [0.3, 0.4) is 0 Å². The highest BCUT2D eigenvalue weighted by Crippen LogP contribution is 2.31. The Balaban J connectivity index is 2.44. The maximum atomic E-state index is 12.3. The van der Waals surface area contributed by atoms with E-state index in [2.05, 4.69) is 20.7 Å². The lowest BCUT2D eigenvalue weighted by molar-refractivity contribution is 0.601. The van der Waals surface area contributed by atoms with Gasteiger partial charge in [0.05, 0.1) is 15.7 Å². The summed E-state index contributed by atoms with van der Waals surface area (Å²) in [6.45, 7) is 0. The van der Waals surface area contributed by atoms with Gasteiger partial charge in [-0.2, -0.15) is 0 Å². The average Bonchev–Trinajstić information content (AvgIpc) is 2.35. The maximum Gasteiger partial charge on any atom is 0.263 e. The summed E-state index contributed by atoms with van der Waals surface area (Å²) in [4.78, 5) is -0.0579. The zero-order chi connectivity index (χ0) is 14.0. The zero-order valence-corrected chi connectivity index (χ0v) is 13.3. The summed E-state index contributed by atoms with van der Waals surface area (Å²) in [5, 5.41) is 0.195. The Morgan fingerprint density at radius 1 is 1.00 bits per heavy atom. The van der Waals surface area contributed by atoms with Crippen LogP contribution in [-0.2, 0) is 10.0 Å². The van der Waals surface area contributed by atoms with Crippen molar-refractivity contribution in [3.05, 3.63) is 57.0 Å². The van der Waals surface area contributed by atoms with Crippen molar-refractivity contribution in [3.8, 4) is 0 Å². The van der Waals surface area contributed by atoms with Crippen molar-refractivity contribution in [2.24, 2.45) is 0 Å². The van der Waals surface area contributed by atoms with Crippen LogP contribution in [-0.4, -0.2) is 8.42 Å². The van der Waals surface area contributed by atoms with Gasteiger partial charge in [0, 0.05) is 4.47 Å². The summed E-state index contributed by atoms with van der Waals surface area (Å²) < 4.78 is 27.6.